The molecule has 1 aliphatic heterocycles. The van der Waals surface area contributed by atoms with Crippen LogP contribution >= 0.6 is 0 Å². The Morgan fingerprint density at radius 1 is 1.47 bits per heavy atom. The summed E-state index contributed by atoms with van der Waals surface area (Å²) in [6.07, 6.45) is 1.83. The van der Waals surface area contributed by atoms with Gasteiger partial charge in [-0.25, -0.2) is 9.97 Å². The highest BCUT2D eigenvalue weighted by molar-refractivity contribution is 5.41. The van der Waals surface area contributed by atoms with E-state index >= 15 is 0 Å². The monoisotopic (exact) mass is 266 g/mol. The predicted octanol–water partition coefficient (Wildman–Crippen LogP) is 0.816. The molecule has 1 aromatic rings. The molecule has 1 fully saturated rings. The van der Waals surface area contributed by atoms with E-state index in [0.29, 0.717) is 12.4 Å². The zero-order valence-corrected chi connectivity index (χ0v) is 11.7. The molecule has 1 aliphatic rings. The molecule has 106 valence electrons. The van der Waals surface area contributed by atoms with Crippen molar-refractivity contribution in [3.05, 3.63) is 12.4 Å². The Kier molecular flexibility index (Phi) is 4.55. The third kappa shape index (κ3) is 3.78. The number of hydrogen-bond donors (Lipinski definition) is 1. The molecule has 19 heavy (non-hydrogen) atoms. The van der Waals surface area contributed by atoms with Gasteiger partial charge in [-0.15, -0.1) is 0 Å². The largest absolute Gasteiger partial charge is 0.475 e. The highest BCUT2D eigenvalue weighted by Crippen LogP contribution is 2.21. The first-order valence-electron chi connectivity index (χ1n) is 6.67. The fraction of sp³-hybridized carbons (Fsp3) is 0.692. The Labute approximate surface area is 113 Å². The number of nitrogens with zero attached hydrogens (tertiary/aromatic N) is 3. The van der Waals surface area contributed by atoms with Gasteiger partial charge in [-0.1, -0.05) is 0 Å². The summed E-state index contributed by atoms with van der Waals surface area (Å²) in [6, 6.07) is 1.87. The van der Waals surface area contributed by atoms with Gasteiger partial charge in [0.25, 0.3) is 0 Å². The molecule has 0 radical (unpaired) electrons. The van der Waals surface area contributed by atoms with E-state index in [1.807, 2.05) is 26.8 Å². The maximum atomic E-state index is 5.74. The topological polar surface area (TPSA) is 73.5 Å². The lowest BCUT2D eigenvalue weighted by molar-refractivity contribution is -0.0107. The predicted molar refractivity (Wildman–Crippen MR) is 73.4 cm³/mol. The lowest BCUT2D eigenvalue weighted by Gasteiger charge is -2.37. The van der Waals surface area contributed by atoms with Crippen molar-refractivity contribution < 1.29 is 9.47 Å². The van der Waals surface area contributed by atoms with E-state index in [0.717, 1.165) is 18.9 Å². The van der Waals surface area contributed by atoms with E-state index in [2.05, 4.69) is 14.9 Å². The van der Waals surface area contributed by atoms with Gasteiger partial charge in [0.2, 0.25) is 5.88 Å². The third-order valence-corrected chi connectivity index (χ3v) is 2.90. The van der Waals surface area contributed by atoms with Crippen molar-refractivity contribution in [3.63, 3.8) is 0 Å². The standard InChI is InChI=1S/C13H22N4O2/c1-9(2)18-13-4-12(15-8-16-13)17-6-10(3)19-11(5-14)7-17/h4,8-11H,5-7,14H2,1-3H3. The van der Waals surface area contributed by atoms with Crippen LogP contribution in [-0.2, 0) is 4.74 Å². The second-order valence-corrected chi connectivity index (χ2v) is 5.09. The molecule has 2 rings (SSSR count). The molecule has 0 amide bonds. The average molecular weight is 266 g/mol. The number of hydrogen-bond acceptors (Lipinski definition) is 6. The van der Waals surface area contributed by atoms with E-state index in [-0.39, 0.29) is 18.3 Å². The Morgan fingerprint density at radius 2 is 2.26 bits per heavy atom. The smallest absolute Gasteiger partial charge is 0.218 e. The zero-order chi connectivity index (χ0) is 13.8. The normalized spacial score (nSPS) is 23.7. The zero-order valence-electron chi connectivity index (χ0n) is 11.7. The van der Waals surface area contributed by atoms with Crippen molar-refractivity contribution in [1.29, 1.82) is 0 Å². The molecule has 1 aromatic heterocycles. The summed E-state index contributed by atoms with van der Waals surface area (Å²) in [6.45, 7) is 8.06. The van der Waals surface area contributed by atoms with Crippen molar-refractivity contribution in [1.82, 2.24) is 9.97 Å². The molecule has 2 N–H and O–H groups in total. The van der Waals surface area contributed by atoms with Gasteiger partial charge in [-0.05, 0) is 20.8 Å². The lowest BCUT2D eigenvalue weighted by Crippen LogP contribution is -2.49. The van der Waals surface area contributed by atoms with Crippen LogP contribution < -0.4 is 15.4 Å². The Morgan fingerprint density at radius 3 is 2.95 bits per heavy atom. The number of nitrogens with two attached hydrogens (primary N) is 1. The van der Waals surface area contributed by atoms with Crippen LogP contribution in [-0.4, -0.2) is 47.9 Å². The van der Waals surface area contributed by atoms with Crippen LogP contribution in [0.4, 0.5) is 5.82 Å². The van der Waals surface area contributed by atoms with Crippen molar-refractivity contribution in [2.24, 2.45) is 5.73 Å². The van der Waals surface area contributed by atoms with E-state index in [9.17, 15) is 0 Å². The van der Waals surface area contributed by atoms with Crippen molar-refractivity contribution in [2.75, 3.05) is 24.5 Å². The van der Waals surface area contributed by atoms with Crippen LogP contribution in [0.3, 0.4) is 0 Å². The minimum Gasteiger partial charge on any atom is -0.475 e. The van der Waals surface area contributed by atoms with Crippen molar-refractivity contribution in [3.8, 4) is 5.88 Å². The highest BCUT2D eigenvalue weighted by Gasteiger charge is 2.25. The van der Waals surface area contributed by atoms with Crippen LogP contribution in [0, 0.1) is 0 Å². The lowest BCUT2D eigenvalue weighted by atomic mass is 10.2. The highest BCUT2D eigenvalue weighted by atomic mass is 16.5. The van der Waals surface area contributed by atoms with Gasteiger partial charge in [0.15, 0.2) is 0 Å². The molecular weight excluding hydrogens is 244 g/mol. The molecule has 6 nitrogen and oxygen atoms in total. The van der Waals surface area contributed by atoms with E-state index < -0.39 is 0 Å². The molecule has 0 aromatic carbocycles. The Hall–Kier alpha value is -1.40. The summed E-state index contributed by atoms with van der Waals surface area (Å²) < 4.78 is 11.3. The minimum absolute atomic E-state index is 0.0492. The second-order valence-electron chi connectivity index (χ2n) is 5.09. The summed E-state index contributed by atoms with van der Waals surface area (Å²) in [7, 11) is 0. The second kappa shape index (κ2) is 6.16. The molecule has 2 heterocycles. The molecule has 0 saturated carbocycles. The third-order valence-electron chi connectivity index (χ3n) is 2.90. The number of anilines is 1. The van der Waals surface area contributed by atoms with Gasteiger partial charge in [0.05, 0.1) is 18.3 Å². The van der Waals surface area contributed by atoms with Gasteiger partial charge in [-0.2, -0.15) is 0 Å². The Bertz CT molecular complexity index is 413. The number of morpholine rings is 1. The van der Waals surface area contributed by atoms with Gasteiger partial charge >= 0.3 is 0 Å². The molecule has 1 saturated heterocycles. The van der Waals surface area contributed by atoms with Crippen LogP contribution in [0.15, 0.2) is 12.4 Å². The number of aromatic nitrogens is 2. The quantitative estimate of drug-likeness (QED) is 0.869. The van der Waals surface area contributed by atoms with Crippen LogP contribution in [0.5, 0.6) is 5.88 Å². The van der Waals surface area contributed by atoms with Crippen molar-refractivity contribution >= 4 is 5.82 Å². The Balaban J connectivity index is 2.11. The summed E-state index contributed by atoms with van der Waals surface area (Å²) in [5, 5.41) is 0. The summed E-state index contributed by atoms with van der Waals surface area (Å²) in [5.74, 6) is 1.46. The van der Waals surface area contributed by atoms with Gasteiger partial charge in [0.1, 0.15) is 12.1 Å². The van der Waals surface area contributed by atoms with E-state index in [4.69, 9.17) is 15.2 Å². The number of ether oxygens (including phenoxy) is 2. The molecule has 0 spiro atoms. The van der Waals surface area contributed by atoms with Crippen LogP contribution in [0.25, 0.3) is 0 Å². The van der Waals surface area contributed by atoms with E-state index in [1.54, 1.807) is 0 Å². The van der Waals surface area contributed by atoms with E-state index in [1.165, 1.54) is 6.33 Å². The first-order chi connectivity index (χ1) is 9.08. The average Bonchev–Trinajstić information content (AvgIpc) is 2.37. The summed E-state index contributed by atoms with van der Waals surface area (Å²) in [5.41, 5.74) is 5.69. The summed E-state index contributed by atoms with van der Waals surface area (Å²) in [4.78, 5) is 10.6. The number of rotatable bonds is 4. The first-order valence-corrected chi connectivity index (χ1v) is 6.67. The van der Waals surface area contributed by atoms with Crippen LogP contribution in [0.1, 0.15) is 20.8 Å². The summed E-state index contributed by atoms with van der Waals surface area (Å²) >= 11 is 0. The van der Waals surface area contributed by atoms with Crippen LogP contribution in [0.2, 0.25) is 0 Å². The molecule has 6 heteroatoms. The van der Waals surface area contributed by atoms with Gasteiger partial charge in [-0.3, -0.25) is 0 Å². The molecular formula is C13H22N4O2. The molecule has 2 atom stereocenters. The minimum atomic E-state index is 0.0492. The van der Waals surface area contributed by atoms with Crippen molar-refractivity contribution in [2.45, 2.75) is 39.1 Å². The maximum Gasteiger partial charge on any atom is 0.218 e. The molecule has 0 bridgehead atoms. The first kappa shape index (κ1) is 14.0. The molecule has 2 unspecified atom stereocenters. The van der Waals surface area contributed by atoms with Gasteiger partial charge < -0.3 is 20.1 Å². The molecule has 0 aliphatic carbocycles. The van der Waals surface area contributed by atoms with Gasteiger partial charge in [0, 0.05) is 25.7 Å². The fourth-order valence-electron chi connectivity index (χ4n) is 2.17. The maximum absolute atomic E-state index is 5.74. The fourth-order valence-corrected chi connectivity index (χ4v) is 2.17. The SMILES string of the molecule is CC(C)Oc1cc(N2CC(C)OC(CN)C2)ncn1.